The Morgan fingerprint density at radius 1 is 1.42 bits per heavy atom. The number of benzene rings is 1. The first-order valence-corrected chi connectivity index (χ1v) is 6.40. The number of halogens is 1. The first kappa shape index (κ1) is 16.1. The number of ether oxygens (including phenoxy) is 1. The Morgan fingerprint density at radius 2 is 2.16 bits per heavy atom. The van der Waals surface area contributed by atoms with Gasteiger partial charge in [-0.05, 0) is 25.5 Å². The fourth-order valence-electron chi connectivity index (χ4n) is 2.05. The molecular formula is C14H22IN3O. The van der Waals surface area contributed by atoms with Crippen molar-refractivity contribution in [2.24, 2.45) is 4.99 Å². The zero-order valence-corrected chi connectivity index (χ0v) is 14.0. The first-order valence-electron chi connectivity index (χ1n) is 6.40. The van der Waals surface area contributed by atoms with Crippen LogP contribution in [0.15, 0.2) is 29.3 Å². The van der Waals surface area contributed by atoms with Crippen LogP contribution in [0, 0.1) is 0 Å². The lowest BCUT2D eigenvalue weighted by atomic mass is 10.1. The summed E-state index contributed by atoms with van der Waals surface area (Å²) < 4.78 is 5.86. The SMILES string of the molecule is CN=C(NCC1Cc2ccccc2O1)NC(C)C.I. The van der Waals surface area contributed by atoms with E-state index in [1.165, 1.54) is 5.56 Å². The lowest BCUT2D eigenvalue weighted by molar-refractivity contribution is 0.235. The maximum Gasteiger partial charge on any atom is 0.191 e. The molecule has 0 bridgehead atoms. The highest BCUT2D eigenvalue weighted by atomic mass is 127. The standard InChI is InChI=1S/C14H21N3O.HI/c1-10(2)17-14(15-3)16-9-12-8-11-6-4-5-7-13(11)18-12;/h4-7,10,12H,8-9H2,1-3H3,(H2,15,16,17);1H. The number of hydrogen-bond acceptors (Lipinski definition) is 2. The van der Waals surface area contributed by atoms with Crippen LogP contribution in [0.2, 0.25) is 0 Å². The fourth-order valence-corrected chi connectivity index (χ4v) is 2.05. The van der Waals surface area contributed by atoms with Crippen LogP contribution >= 0.6 is 24.0 Å². The van der Waals surface area contributed by atoms with Crippen LogP contribution in [0.1, 0.15) is 19.4 Å². The number of aliphatic imine (C=N–C) groups is 1. The third kappa shape index (κ3) is 4.56. The Morgan fingerprint density at radius 3 is 2.79 bits per heavy atom. The summed E-state index contributed by atoms with van der Waals surface area (Å²) in [5.74, 6) is 1.83. The molecule has 0 saturated heterocycles. The van der Waals surface area contributed by atoms with Crippen molar-refractivity contribution in [1.82, 2.24) is 10.6 Å². The summed E-state index contributed by atoms with van der Waals surface area (Å²) in [5, 5.41) is 6.55. The van der Waals surface area contributed by atoms with Gasteiger partial charge in [0, 0.05) is 19.5 Å². The predicted molar refractivity (Wildman–Crippen MR) is 89.6 cm³/mol. The molecule has 1 heterocycles. The van der Waals surface area contributed by atoms with E-state index in [9.17, 15) is 0 Å². The molecule has 1 aliphatic heterocycles. The topological polar surface area (TPSA) is 45.7 Å². The molecule has 0 radical (unpaired) electrons. The lowest BCUT2D eigenvalue weighted by Crippen LogP contribution is -2.44. The van der Waals surface area contributed by atoms with E-state index in [1.807, 2.05) is 12.1 Å². The second kappa shape index (κ2) is 7.57. The van der Waals surface area contributed by atoms with Gasteiger partial charge in [-0.2, -0.15) is 0 Å². The molecule has 1 aromatic carbocycles. The van der Waals surface area contributed by atoms with E-state index < -0.39 is 0 Å². The molecular weight excluding hydrogens is 353 g/mol. The van der Waals surface area contributed by atoms with Crippen LogP contribution in [0.4, 0.5) is 0 Å². The van der Waals surface area contributed by atoms with Crippen molar-refractivity contribution in [1.29, 1.82) is 0 Å². The van der Waals surface area contributed by atoms with E-state index in [4.69, 9.17) is 4.74 Å². The lowest BCUT2D eigenvalue weighted by Gasteiger charge is -2.17. The van der Waals surface area contributed by atoms with Gasteiger partial charge in [-0.3, -0.25) is 4.99 Å². The van der Waals surface area contributed by atoms with Crippen LogP contribution in [0.25, 0.3) is 0 Å². The van der Waals surface area contributed by atoms with Crippen LogP contribution in [-0.4, -0.2) is 31.7 Å². The van der Waals surface area contributed by atoms with E-state index >= 15 is 0 Å². The average Bonchev–Trinajstić information content (AvgIpc) is 2.76. The molecule has 1 aromatic rings. The fraction of sp³-hybridized carbons (Fsp3) is 0.500. The molecule has 4 nitrogen and oxygen atoms in total. The molecule has 2 rings (SSSR count). The molecule has 0 aliphatic carbocycles. The van der Waals surface area contributed by atoms with E-state index in [0.29, 0.717) is 6.04 Å². The molecule has 0 saturated carbocycles. The third-order valence-corrected chi connectivity index (χ3v) is 2.86. The molecule has 0 spiro atoms. The van der Waals surface area contributed by atoms with Gasteiger partial charge in [-0.15, -0.1) is 24.0 Å². The molecule has 1 unspecified atom stereocenters. The van der Waals surface area contributed by atoms with Gasteiger partial charge < -0.3 is 15.4 Å². The largest absolute Gasteiger partial charge is 0.488 e. The second-order valence-corrected chi connectivity index (χ2v) is 4.80. The predicted octanol–water partition coefficient (Wildman–Crippen LogP) is 2.18. The summed E-state index contributed by atoms with van der Waals surface area (Å²) in [4.78, 5) is 4.18. The monoisotopic (exact) mass is 375 g/mol. The number of para-hydroxylation sites is 1. The molecule has 0 fully saturated rings. The Bertz CT molecular complexity index is 409. The normalized spacial score (nSPS) is 17.5. The Labute approximate surface area is 132 Å². The average molecular weight is 375 g/mol. The highest BCUT2D eigenvalue weighted by molar-refractivity contribution is 14.0. The highest BCUT2D eigenvalue weighted by Crippen LogP contribution is 2.27. The Hall–Kier alpha value is -0.980. The van der Waals surface area contributed by atoms with Gasteiger partial charge in [-0.25, -0.2) is 0 Å². The number of hydrogen-bond donors (Lipinski definition) is 2. The van der Waals surface area contributed by atoms with Gasteiger partial charge >= 0.3 is 0 Å². The number of guanidine groups is 1. The molecule has 106 valence electrons. The Kier molecular flexibility index (Phi) is 6.41. The van der Waals surface area contributed by atoms with Crippen LogP contribution < -0.4 is 15.4 Å². The first-order chi connectivity index (χ1) is 8.69. The number of fused-ring (bicyclic) bond motifs is 1. The summed E-state index contributed by atoms with van der Waals surface area (Å²) in [6.45, 7) is 4.95. The third-order valence-electron chi connectivity index (χ3n) is 2.86. The van der Waals surface area contributed by atoms with Crippen molar-refractivity contribution in [3.63, 3.8) is 0 Å². The minimum absolute atomic E-state index is 0. The van der Waals surface area contributed by atoms with Crippen molar-refractivity contribution >= 4 is 29.9 Å². The van der Waals surface area contributed by atoms with Crippen LogP contribution in [0.5, 0.6) is 5.75 Å². The Balaban J connectivity index is 0.00000180. The quantitative estimate of drug-likeness (QED) is 0.484. The molecule has 2 N–H and O–H groups in total. The minimum Gasteiger partial charge on any atom is -0.488 e. The van der Waals surface area contributed by atoms with Crippen molar-refractivity contribution in [3.8, 4) is 5.75 Å². The van der Waals surface area contributed by atoms with Gasteiger partial charge in [-0.1, -0.05) is 18.2 Å². The molecule has 5 heteroatoms. The maximum absolute atomic E-state index is 5.86. The molecule has 1 aliphatic rings. The number of nitrogens with one attached hydrogen (secondary N) is 2. The molecule has 0 amide bonds. The summed E-state index contributed by atoms with van der Waals surface area (Å²) in [7, 11) is 1.78. The van der Waals surface area contributed by atoms with Gasteiger partial charge in [0.25, 0.3) is 0 Å². The zero-order chi connectivity index (χ0) is 13.0. The number of nitrogens with zero attached hydrogens (tertiary/aromatic N) is 1. The highest BCUT2D eigenvalue weighted by Gasteiger charge is 2.22. The van der Waals surface area contributed by atoms with E-state index in [1.54, 1.807) is 7.05 Å². The van der Waals surface area contributed by atoms with Crippen LogP contribution in [0.3, 0.4) is 0 Å². The zero-order valence-electron chi connectivity index (χ0n) is 11.6. The summed E-state index contributed by atoms with van der Waals surface area (Å²) in [6, 6.07) is 8.58. The van der Waals surface area contributed by atoms with Gasteiger partial charge in [0.1, 0.15) is 11.9 Å². The van der Waals surface area contributed by atoms with Crippen LogP contribution in [-0.2, 0) is 6.42 Å². The van der Waals surface area contributed by atoms with E-state index in [0.717, 1.165) is 24.7 Å². The maximum atomic E-state index is 5.86. The summed E-state index contributed by atoms with van der Waals surface area (Å²) in [5.41, 5.74) is 1.29. The van der Waals surface area contributed by atoms with Gasteiger partial charge in [0.05, 0.1) is 6.54 Å². The van der Waals surface area contributed by atoms with Gasteiger partial charge in [0.15, 0.2) is 5.96 Å². The molecule has 0 aromatic heterocycles. The molecule has 19 heavy (non-hydrogen) atoms. The van der Waals surface area contributed by atoms with Gasteiger partial charge in [0.2, 0.25) is 0 Å². The summed E-state index contributed by atoms with van der Waals surface area (Å²) >= 11 is 0. The van der Waals surface area contributed by atoms with E-state index in [2.05, 4.69) is 41.6 Å². The number of rotatable bonds is 3. The van der Waals surface area contributed by atoms with Crippen molar-refractivity contribution in [2.75, 3.05) is 13.6 Å². The smallest absolute Gasteiger partial charge is 0.191 e. The summed E-state index contributed by atoms with van der Waals surface area (Å²) in [6.07, 6.45) is 1.15. The van der Waals surface area contributed by atoms with E-state index in [-0.39, 0.29) is 30.1 Å². The van der Waals surface area contributed by atoms with Crippen molar-refractivity contribution in [3.05, 3.63) is 29.8 Å². The second-order valence-electron chi connectivity index (χ2n) is 4.80. The molecule has 1 atom stereocenters. The van der Waals surface area contributed by atoms with Crippen molar-refractivity contribution < 1.29 is 4.74 Å². The minimum atomic E-state index is 0. The van der Waals surface area contributed by atoms with Crippen molar-refractivity contribution in [2.45, 2.75) is 32.4 Å².